The molecule has 6 nitrogen and oxygen atoms in total. The summed E-state index contributed by atoms with van der Waals surface area (Å²) in [7, 11) is 1.37. The maximum atomic E-state index is 11.1. The molecule has 1 aromatic carbocycles. The lowest BCUT2D eigenvalue weighted by molar-refractivity contribution is -0.132. The first-order chi connectivity index (χ1) is 12.6. The lowest BCUT2D eigenvalue weighted by atomic mass is 9.78. The minimum absolute atomic E-state index is 0.0211. The maximum absolute atomic E-state index is 11.1. The van der Waals surface area contributed by atoms with E-state index in [1.54, 1.807) is 0 Å². The molecule has 0 spiro atoms. The molecule has 1 aromatic rings. The van der Waals surface area contributed by atoms with Gasteiger partial charge in [-0.15, -0.1) is 0 Å². The molecule has 4 N–H and O–H groups in total. The van der Waals surface area contributed by atoms with Gasteiger partial charge in [0.2, 0.25) is 0 Å². The van der Waals surface area contributed by atoms with Crippen molar-refractivity contribution >= 4 is 11.8 Å². The van der Waals surface area contributed by atoms with Crippen LogP contribution in [0.15, 0.2) is 59.6 Å². The van der Waals surface area contributed by atoms with Gasteiger partial charge < -0.3 is 20.9 Å². The van der Waals surface area contributed by atoms with Crippen LogP contribution in [0.5, 0.6) is 0 Å². The number of carbonyl (C=O) groups is 1. The zero-order chi connectivity index (χ0) is 18.9. The molecule has 2 rings (SSSR count). The second-order valence-electron chi connectivity index (χ2n) is 6.43. The van der Waals surface area contributed by atoms with Crippen molar-refractivity contribution in [1.29, 1.82) is 0 Å². The van der Waals surface area contributed by atoms with E-state index in [4.69, 9.17) is 15.6 Å². The van der Waals surface area contributed by atoms with Gasteiger partial charge in [0.1, 0.15) is 0 Å². The van der Waals surface area contributed by atoms with Gasteiger partial charge in [-0.05, 0) is 42.9 Å². The second kappa shape index (κ2) is 9.65. The highest BCUT2D eigenvalue weighted by atomic mass is 16.5. The molecule has 0 aliphatic heterocycles. The monoisotopic (exact) mass is 357 g/mol. The smallest absolute Gasteiger partial charge is 0.355 e. The van der Waals surface area contributed by atoms with Crippen LogP contribution in [0, 0.1) is 5.92 Å². The molecule has 6 heteroatoms. The first-order valence-corrected chi connectivity index (χ1v) is 8.81. The van der Waals surface area contributed by atoms with Crippen LogP contribution in [0.4, 0.5) is 0 Å². The van der Waals surface area contributed by atoms with Crippen LogP contribution in [-0.4, -0.2) is 30.6 Å². The molecule has 2 atom stereocenters. The van der Waals surface area contributed by atoms with Gasteiger partial charge in [-0.2, -0.15) is 0 Å². The van der Waals surface area contributed by atoms with E-state index in [1.165, 1.54) is 25.3 Å². The molecule has 1 saturated carbocycles. The lowest BCUT2D eigenvalue weighted by Gasteiger charge is -2.28. The van der Waals surface area contributed by atoms with E-state index in [-0.39, 0.29) is 11.5 Å². The largest absolute Gasteiger partial charge is 0.491 e. The minimum atomic E-state index is -1.25. The third-order valence-corrected chi connectivity index (χ3v) is 4.69. The Bertz CT molecular complexity index is 683. The fourth-order valence-electron chi connectivity index (χ4n) is 3.42. The quantitative estimate of drug-likeness (QED) is 0.302. The fraction of sp³-hybridized carbons (Fsp3) is 0.400. The third kappa shape index (κ3) is 5.12. The average Bonchev–Trinajstić information content (AvgIpc) is 2.67. The molecule has 1 aliphatic carbocycles. The number of aliphatic carboxylic acids is 1. The molecule has 0 radical (unpaired) electrons. The van der Waals surface area contributed by atoms with Gasteiger partial charge in [-0.1, -0.05) is 43.3 Å². The standard InChI is InChI=1S/C20H27N3O3/c1-3-22-19(18(26-2)17(21)20(24)25)23-13-14-8-7-11-16(12-14)15-9-5-4-6-10-15/h3-6,9-10,14,16H,1,7-8,11-13,21H2,2H3,(H,22,23)(H,24,25)/b18-17+. The summed E-state index contributed by atoms with van der Waals surface area (Å²) < 4.78 is 5.15. The zero-order valence-electron chi connectivity index (χ0n) is 15.1. The molecular formula is C20H27N3O3. The number of carboxylic acid groups (broad SMARTS) is 1. The number of aliphatic imine (C=N–C) groups is 1. The predicted octanol–water partition coefficient (Wildman–Crippen LogP) is 2.99. The summed E-state index contributed by atoms with van der Waals surface area (Å²) in [5.41, 5.74) is 6.60. The number of hydrogen-bond acceptors (Lipinski definition) is 4. The van der Waals surface area contributed by atoms with E-state index < -0.39 is 5.97 Å². The summed E-state index contributed by atoms with van der Waals surface area (Å²) in [5, 5.41) is 11.9. The highest BCUT2D eigenvalue weighted by Crippen LogP contribution is 2.36. The highest BCUT2D eigenvalue weighted by Gasteiger charge is 2.24. The minimum Gasteiger partial charge on any atom is -0.491 e. The van der Waals surface area contributed by atoms with E-state index >= 15 is 0 Å². The SMILES string of the molecule is C=CNC(=NCC1CCCC(c2ccccc2)C1)/C(OC)=C(\N)C(=O)O. The number of methoxy groups -OCH3 is 1. The van der Waals surface area contributed by atoms with Crippen LogP contribution in [0.2, 0.25) is 0 Å². The fourth-order valence-corrected chi connectivity index (χ4v) is 3.42. The van der Waals surface area contributed by atoms with Crippen molar-refractivity contribution < 1.29 is 14.6 Å². The number of rotatable bonds is 7. The van der Waals surface area contributed by atoms with E-state index in [1.807, 2.05) is 6.07 Å². The number of ether oxygens (including phenoxy) is 1. The number of hydrogen-bond donors (Lipinski definition) is 3. The van der Waals surface area contributed by atoms with Crippen molar-refractivity contribution in [3.05, 3.63) is 60.1 Å². The molecule has 140 valence electrons. The number of carboxylic acids is 1. The van der Waals surface area contributed by atoms with E-state index in [2.05, 4.69) is 41.2 Å². The van der Waals surface area contributed by atoms with Crippen molar-refractivity contribution in [3.63, 3.8) is 0 Å². The van der Waals surface area contributed by atoms with Crippen LogP contribution < -0.4 is 11.1 Å². The summed E-state index contributed by atoms with van der Waals surface area (Å²) in [5.74, 6) is 0.0430. The second-order valence-corrected chi connectivity index (χ2v) is 6.43. The first-order valence-electron chi connectivity index (χ1n) is 8.81. The molecule has 2 unspecified atom stereocenters. The van der Waals surface area contributed by atoms with Gasteiger partial charge in [-0.3, -0.25) is 4.99 Å². The molecule has 0 aromatic heterocycles. The maximum Gasteiger partial charge on any atom is 0.355 e. The van der Waals surface area contributed by atoms with Gasteiger partial charge in [0.05, 0.1) is 7.11 Å². The molecule has 1 fully saturated rings. The molecule has 0 bridgehead atoms. The third-order valence-electron chi connectivity index (χ3n) is 4.69. The van der Waals surface area contributed by atoms with Gasteiger partial charge in [-0.25, -0.2) is 4.79 Å². The molecular weight excluding hydrogens is 330 g/mol. The Morgan fingerprint density at radius 2 is 2.15 bits per heavy atom. The Hall–Kier alpha value is -2.76. The topological polar surface area (TPSA) is 96.9 Å². The summed E-state index contributed by atoms with van der Waals surface area (Å²) in [4.78, 5) is 15.7. The Balaban J connectivity index is 2.12. The number of benzene rings is 1. The van der Waals surface area contributed by atoms with Crippen LogP contribution in [0.1, 0.15) is 37.2 Å². The van der Waals surface area contributed by atoms with Crippen molar-refractivity contribution in [2.24, 2.45) is 16.6 Å². The van der Waals surface area contributed by atoms with Gasteiger partial charge >= 0.3 is 5.97 Å². The Labute approximate surface area is 154 Å². The summed E-state index contributed by atoms with van der Waals surface area (Å²) in [6.07, 6.45) is 5.95. The van der Waals surface area contributed by atoms with E-state index in [0.29, 0.717) is 24.2 Å². The van der Waals surface area contributed by atoms with E-state index in [9.17, 15) is 4.79 Å². The molecule has 1 aliphatic rings. The average molecular weight is 357 g/mol. The number of nitrogens with two attached hydrogens (primary N) is 1. The summed E-state index contributed by atoms with van der Waals surface area (Å²) in [6, 6.07) is 10.6. The lowest BCUT2D eigenvalue weighted by Crippen LogP contribution is -2.28. The summed E-state index contributed by atoms with van der Waals surface area (Å²) in [6.45, 7) is 4.19. The van der Waals surface area contributed by atoms with Crippen LogP contribution in [-0.2, 0) is 9.53 Å². The number of nitrogens with zero attached hydrogens (tertiary/aromatic N) is 1. The highest BCUT2D eigenvalue weighted by molar-refractivity contribution is 6.03. The van der Waals surface area contributed by atoms with Crippen molar-refractivity contribution in [2.45, 2.75) is 31.6 Å². The van der Waals surface area contributed by atoms with Crippen molar-refractivity contribution in [3.8, 4) is 0 Å². The Kier molecular flexibility index (Phi) is 7.26. The number of nitrogens with one attached hydrogen (secondary N) is 1. The normalized spacial score (nSPS) is 21.5. The van der Waals surface area contributed by atoms with Crippen molar-refractivity contribution in [1.82, 2.24) is 5.32 Å². The summed E-state index contributed by atoms with van der Waals surface area (Å²) >= 11 is 0. The molecule has 26 heavy (non-hydrogen) atoms. The number of amidine groups is 1. The van der Waals surface area contributed by atoms with E-state index in [0.717, 1.165) is 19.3 Å². The van der Waals surface area contributed by atoms with Crippen LogP contribution in [0.25, 0.3) is 0 Å². The van der Waals surface area contributed by atoms with Gasteiger partial charge in [0.15, 0.2) is 17.3 Å². The first kappa shape index (κ1) is 19.6. The molecule has 0 heterocycles. The molecule has 0 amide bonds. The van der Waals surface area contributed by atoms with Gasteiger partial charge in [0, 0.05) is 6.54 Å². The predicted molar refractivity (Wildman–Crippen MR) is 103 cm³/mol. The van der Waals surface area contributed by atoms with Crippen molar-refractivity contribution in [2.75, 3.05) is 13.7 Å². The zero-order valence-corrected chi connectivity index (χ0v) is 15.1. The van der Waals surface area contributed by atoms with Gasteiger partial charge in [0.25, 0.3) is 0 Å². The molecule has 0 saturated heterocycles. The van der Waals surface area contributed by atoms with Crippen LogP contribution in [0.3, 0.4) is 0 Å². The Morgan fingerprint density at radius 3 is 2.77 bits per heavy atom. The Morgan fingerprint density at radius 1 is 1.42 bits per heavy atom. The van der Waals surface area contributed by atoms with Crippen LogP contribution >= 0.6 is 0 Å².